The van der Waals surface area contributed by atoms with E-state index in [2.05, 4.69) is 15.3 Å². The van der Waals surface area contributed by atoms with Crippen molar-refractivity contribution in [3.05, 3.63) is 64.7 Å². The number of pyridine rings is 1. The number of likely N-dealkylation sites (tertiary alicyclic amines) is 1. The number of benzene rings is 1. The van der Waals surface area contributed by atoms with Crippen molar-refractivity contribution < 1.29 is 22.8 Å². The molecule has 1 aromatic carbocycles. The van der Waals surface area contributed by atoms with E-state index in [1.54, 1.807) is 18.2 Å². The lowest BCUT2D eigenvalue weighted by Gasteiger charge is -2.38. The predicted molar refractivity (Wildman–Crippen MR) is 108 cm³/mol. The Morgan fingerprint density at radius 1 is 1.23 bits per heavy atom. The number of nitrogens with one attached hydrogen (secondary N) is 1. The van der Waals surface area contributed by atoms with Gasteiger partial charge in [0.05, 0.1) is 19.6 Å². The topological polar surface area (TPSA) is 74.7 Å². The molecule has 0 unspecified atom stereocenters. The maximum Gasteiger partial charge on any atom is 0.323 e. The van der Waals surface area contributed by atoms with Crippen LogP contribution in [0.15, 0.2) is 41.5 Å². The van der Waals surface area contributed by atoms with Gasteiger partial charge in [-0.15, -0.1) is 0 Å². The number of rotatable bonds is 5. The number of nitrogens with zero attached hydrogens (tertiary/aromatic N) is 3. The van der Waals surface area contributed by atoms with E-state index in [0.29, 0.717) is 30.1 Å². The minimum Gasteiger partial charge on any atom is -0.312 e. The molecule has 2 aromatic rings. The number of hydrogen-bond donors (Lipinski definition) is 1. The third-order valence-corrected chi connectivity index (χ3v) is 5.42. The molecule has 6 nitrogen and oxygen atoms in total. The lowest BCUT2D eigenvalue weighted by molar-refractivity contribution is -0.118. The minimum atomic E-state index is -2.83. The van der Waals surface area contributed by atoms with Crippen LogP contribution in [0.1, 0.15) is 41.6 Å². The molecule has 3 heterocycles. The average molecular weight is 430 g/mol. The van der Waals surface area contributed by atoms with Crippen molar-refractivity contribution in [3.8, 4) is 0 Å². The van der Waals surface area contributed by atoms with Gasteiger partial charge >= 0.3 is 6.03 Å². The number of aromatic nitrogens is 1. The zero-order valence-electron chi connectivity index (χ0n) is 16.9. The highest BCUT2D eigenvalue weighted by Crippen LogP contribution is 2.27. The Kier molecular flexibility index (Phi) is 5.51. The van der Waals surface area contributed by atoms with E-state index in [4.69, 9.17) is 0 Å². The van der Waals surface area contributed by atoms with Gasteiger partial charge in [-0.05, 0) is 35.2 Å². The fraction of sp³-hybridized carbons (Fsp3) is 0.364. The Morgan fingerprint density at radius 3 is 2.61 bits per heavy atom. The van der Waals surface area contributed by atoms with Crippen LogP contribution in [-0.4, -0.2) is 46.5 Å². The summed E-state index contributed by atoms with van der Waals surface area (Å²) in [5.41, 5.74) is 2.93. The molecule has 1 aromatic heterocycles. The standard InChI is InChI=1S/C22H21F3N4O2/c1-13(14-2-4-16(23)5-3-14)6-18(30)8-17-7-15-9-27-20(19(15)10-26-17)28-21(31)29-11-22(24,25)12-29/h2-5,7,10,13H,6,8-9,11-12H2,1H3,(H,27,28,31)/t13-/m0/s1. The lowest BCUT2D eigenvalue weighted by atomic mass is 9.94. The molecule has 0 spiro atoms. The van der Waals surface area contributed by atoms with Crippen molar-refractivity contribution in [1.82, 2.24) is 15.2 Å². The molecule has 0 radical (unpaired) electrons. The number of amidine groups is 1. The zero-order valence-corrected chi connectivity index (χ0v) is 16.9. The third kappa shape index (κ3) is 4.76. The lowest BCUT2D eigenvalue weighted by Crippen LogP contribution is -2.61. The van der Waals surface area contributed by atoms with Crippen LogP contribution in [-0.2, 0) is 17.8 Å². The Morgan fingerprint density at radius 2 is 1.94 bits per heavy atom. The van der Waals surface area contributed by atoms with Crippen LogP contribution < -0.4 is 5.32 Å². The molecule has 162 valence electrons. The molecule has 1 fully saturated rings. The quantitative estimate of drug-likeness (QED) is 0.790. The molecule has 0 bridgehead atoms. The van der Waals surface area contributed by atoms with Crippen molar-refractivity contribution in [2.45, 2.75) is 38.2 Å². The van der Waals surface area contributed by atoms with Crippen LogP contribution in [0.4, 0.5) is 18.0 Å². The summed E-state index contributed by atoms with van der Waals surface area (Å²) in [5, 5.41) is 2.55. The van der Waals surface area contributed by atoms with Gasteiger partial charge in [0.25, 0.3) is 5.92 Å². The Balaban J connectivity index is 1.33. The fourth-order valence-electron chi connectivity index (χ4n) is 3.70. The Hall–Kier alpha value is -3.23. The van der Waals surface area contributed by atoms with E-state index >= 15 is 0 Å². The number of alkyl halides is 2. The second-order valence-corrected chi connectivity index (χ2v) is 8.01. The summed E-state index contributed by atoms with van der Waals surface area (Å²) in [6, 6.07) is 7.26. The molecule has 1 atom stereocenters. The number of hydrogen-bond acceptors (Lipinski definition) is 4. The number of Topliss-reactive ketones (excluding diaryl/α,β-unsaturated/α-hetero) is 1. The average Bonchev–Trinajstić information content (AvgIpc) is 3.08. The van der Waals surface area contributed by atoms with Gasteiger partial charge in [-0.3, -0.25) is 20.1 Å². The van der Waals surface area contributed by atoms with Crippen LogP contribution in [0.2, 0.25) is 0 Å². The molecule has 0 saturated carbocycles. The second kappa shape index (κ2) is 8.13. The zero-order chi connectivity index (χ0) is 22.2. The smallest absolute Gasteiger partial charge is 0.312 e. The fourth-order valence-corrected chi connectivity index (χ4v) is 3.70. The third-order valence-electron chi connectivity index (χ3n) is 5.42. The molecule has 2 amide bonds. The highest BCUT2D eigenvalue weighted by atomic mass is 19.3. The van der Waals surface area contributed by atoms with Crippen LogP contribution in [0, 0.1) is 5.82 Å². The van der Waals surface area contributed by atoms with E-state index in [1.165, 1.54) is 18.3 Å². The number of fused-ring (bicyclic) bond motifs is 1. The van der Waals surface area contributed by atoms with E-state index in [-0.39, 0.29) is 23.9 Å². The predicted octanol–water partition coefficient (Wildman–Crippen LogP) is 3.45. The normalized spacial score (nSPS) is 17.4. The number of amides is 2. The van der Waals surface area contributed by atoms with Gasteiger partial charge < -0.3 is 4.90 Å². The van der Waals surface area contributed by atoms with Crippen molar-refractivity contribution >= 4 is 17.6 Å². The van der Waals surface area contributed by atoms with Gasteiger partial charge in [0.1, 0.15) is 17.4 Å². The van der Waals surface area contributed by atoms with Gasteiger partial charge in [0.2, 0.25) is 0 Å². The second-order valence-electron chi connectivity index (χ2n) is 8.01. The first-order valence-corrected chi connectivity index (χ1v) is 9.94. The van der Waals surface area contributed by atoms with Crippen LogP contribution >= 0.6 is 0 Å². The highest BCUT2D eigenvalue weighted by molar-refractivity contribution is 6.09. The Bertz CT molecular complexity index is 1050. The summed E-state index contributed by atoms with van der Waals surface area (Å²) >= 11 is 0. The molecule has 31 heavy (non-hydrogen) atoms. The summed E-state index contributed by atoms with van der Waals surface area (Å²) in [7, 11) is 0. The number of urea groups is 1. The maximum atomic E-state index is 13.1. The first-order chi connectivity index (χ1) is 14.7. The van der Waals surface area contributed by atoms with E-state index in [0.717, 1.165) is 16.0 Å². The van der Waals surface area contributed by atoms with Crippen LogP contribution in [0.5, 0.6) is 0 Å². The van der Waals surface area contributed by atoms with Crippen molar-refractivity contribution in [2.75, 3.05) is 13.1 Å². The maximum absolute atomic E-state index is 13.1. The van der Waals surface area contributed by atoms with Gasteiger partial charge in [-0.1, -0.05) is 19.1 Å². The highest BCUT2D eigenvalue weighted by Gasteiger charge is 2.46. The summed E-state index contributed by atoms with van der Waals surface area (Å²) in [4.78, 5) is 34.1. The monoisotopic (exact) mass is 430 g/mol. The van der Waals surface area contributed by atoms with Gasteiger partial charge in [0, 0.05) is 30.3 Å². The van der Waals surface area contributed by atoms with E-state index in [1.807, 2.05) is 6.92 Å². The molecule has 1 N–H and O–H groups in total. The van der Waals surface area contributed by atoms with Crippen molar-refractivity contribution in [3.63, 3.8) is 0 Å². The molecule has 1 saturated heterocycles. The number of ketones is 1. The number of carbonyl (C=O) groups excluding carboxylic acids is 2. The molecular formula is C22H21F3N4O2. The SMILES string of the molecule is C[C@@H](CC(=O)Cc1cc2c(cn1)C(NC(=O)N1CC(F)(F)C1)=NC2)c1ccc(F)cc1. The van der Waals surface area contributed by atoms with Gasteiger partial charge in [-0.25, -0.2) is 18.0 Å². The molecule has 9 heteroatoms. The first kappa shape index (κ1) is 21.0. The summed E-state index contributed by atoms with van der Waals surface area (Å²) < 4.78 is 38.9. The number of carbonyl (C=O) groups is 2. The minimum absolute atomic E-state index is 0.00966. The molecule has 2 aliphatic rings. The largest absolute Gasteiger partial charge is 0.323 e. The van der Waals surface area contributed by atoms with Gasteiger partial charge in [-0.2, -0.15) is 0 Å². The molecule has 4 rings (SSSR count). The van der Waals surface area contributed by atoms with Crippen molar-refractivity contribution in [1.29, 1.82) is 0 Å². The number of halogens is 3. The Labute approximate surface area is 177 Å². The van der Waals surface area contributed by atoms with Gasteiger partial charge in [0.15, 0.2) is 0 Å². The summed E-state index contributed by atoms with van der Waals surface area (Å²) in [6.45, 7) is 1.03. The van der Waals surface area contributed by atoms with Crippen molar-refractivity contribution in [2.24, 2.45) is 4.99 Å². The van der Waals surface area contributed by atoms with Crippen LogP contribution in [0.3, 0.4) is 0 Å². The first-order valence-electron chi connectivity index (χ1n) is 9.94. The summed E-state index contributed by atoms with van der Waals surface area (Å²) in [5.74, 6) is -2.88. The van der Waals surface area contributed by atoms with E-state index in [9.17, 15) is 22.8 Å². The number of aliphatic imine (C=N–C) groups is 1. The summed E-state index contributed by atoms with van der Waals surface area (Å²) in [6.07, 6.45) is 2.00. The van der Waals surface area contributed by atoms with Crippen LogP contribution in [0.25, 0.3) is 0 Å². The molecular weight excluding hydrogens is 409 g/mol. The van der Waals surface area contributed by atoms with E-state index < -0.39 is 25.0 Å². The molecule has 2 aliphatic heterocycles. The molecule has 0 aliphatic carbocycles.